The highest BCUT2D eigenvalue weighted by Crippen LogP contribution is 2.50. The van der Waals surface area contributed by atoms with Crippen molar-refractivity contribution in [3.63, 3.8) is 0 Å². The summed E-state index contributed by atoms with van der Waals surface area (Å²) in [5, 5.41) is 12.4. The maximum atomic E-state index is 14.1. The van der Waals surface area contributed by atoms with Crippen LogP contribution in [0.5, 0.6) is 5.75 Å². The molecular weight excluding hydrogens is 582 g/mol. The van der Waals surface area contributed by atoms with E-state index in [1.807, 2.05) is 55.4 Å². The standard InChI is InChI=1S/C37H59N3O4S/c1-6-8-18-37(19-9-7-2)29-45(42,43)34-17-14-31(38(3)4)28-33(34)35(36(37)41)30-12-15-32(16-13-30)44-27-11-10-20-40-24-21-39(5,22-25-40)23-26-40/h12-17,28,35-36,41H,6-11,18-27,29H2,1-5H3/q+2. The Morgan fingerprint density at radius 1 is 0.889 bits per heavy atom. The second-order valence-electron chi connectivity index (χ2n) is 15.0. The second kappa shape index (κ2) is 13.9. The molecule has 0 amide bonds. The number of ether oxygens (including phenoxy) is 1. The molecule has 2 unspecified atom stereocenters. The minimum atomic E-state index is -3.61. The third-order valence-electron chi connectivity index (χ3n) is 11.5. The topological polar surface area (TPSA) is 66.8 Å². The zero-order chi connectivity index (χ0) is 32.3. The number of sulfone groups is 1. The van der Waals surface area contributed by atoms with Crippen molar-refractivity contribution in [1.29, 1.82) is 0 Å². The van der Waals surface area contributed by atoms with E-state index < -0.39 is 27.3 Å². The number of anilines is 1. The van der Waals surface area contributed by atoms with Gasteiger partial charge < -0.3 is 23.7 Å². The van der Waals surface area contributed by atoms with Gasteiger partial charge in [-0.2, -0.15) is 0 Å². The Labute approximate surface area is 273 Å². The Morgan fingerprint density at radius 3 is 2.09 bits per heavy atom. The van der Waals surface area contributed by atoms with E-state index in [9.17, 15) is 13.5 Å². The first-order valence-electron chi connectivity index (χ1n) is 17.6. The molecule has 3 saturated heterocycles. The van der Waals surface area contributed by atoms with Crippen molar-refractivity contribution in [2.24, 2.45) is 5.41 Å². The van der Waals surface area contributed by atoms with Crippen LogP contribution in [0.2, 0.25) is 0 Å². The smallest absolute Gasteiger partial charge is 0.179 e. The summed E-state index contributed by atoms with van der Waals surface area (Å²) in [4.78, 5) is 2.36. The molecule has 0 radical (unpaired) electrons. The van der Waals surface area contributed by atoms with E-state index >= 15 is 0 Å². The maximum absolute atomic E-state index is 14.1. The number of hydrogen-bond donors (Lipinski definition) is 1. The molecule has 7 nitrogen and oxygen atoms in total. The summed E-state index contributed by atoms with van der Waals surface area (Å²) in [6, 6.07) is 13.7. The number of hydrogen-bond acceptors (Lipinski definition) is 5. The van der Waals surface area contributed by atoms with Gasteiger partial charge >= 0.3 is 0 Å². The molecular formula is C37H59N3O4S+2. The zero-order valence-electron chi connectivity index (χ0n) is 28.6. The van der Waals surface area contributed by atoms with Gasteiger partial charge in [-0.1, -0.05) is 51.7 Å². The minimum Gasteiger partial charge on any atom is -0.494 e. The lowest BCUT2D eigenvalue weighted by Gasteiger charge is -2.54. The van der Waals surface area contributed by atoms with E-state index in [0.29, 0.717) is 29.9 Å². The van der Waals surface area contributed by atoms with Crippen molar-refractivity contribution in [1.82, 2.24) is 0 Å². The van der Waals surface area contributed by atoms with Crippen LogP contribution in [0.4, 0.5) is 5.69 Å². The number of quaternary nitrogens is 2. The van der Waals surface area contributed by atoms with E-state index in [0.717, 1.165) is 49.1 Å². The Morgan fingerprint density at radius 2 is 1.51 bits per heavy atom. The number of piperazine rings is 3. The van der Waals surface area contributed by atoms with Gasteiger partial charge in [0.15, 0.2) is 9.84 Å². The van der Waals surface area contributed by atoms with Crippen LogP contribution in [-0.4, -0.2) is 108 Å². The number of likely N-dealkylation sites (N-methyl/N-ethyl adjacent to an activating group) is 1. The molecule has 250 valence electrons. The normalized spacial score (nSPS) is 28.3. The summed E-state index contributed by atoms with van der Waals surface area (Å²) in [5.41, 5.74) is 1.88. The molecule has 2 atom stereocenters. The lowest BCUT2D eigenvalue weighted by atomic mass is 9.68. The number of nitrogens with zero attached hydrogens (tertiary/aromatic N) is 3. The fourth-order valence-corrected chi connectivity index (χ4v) is 10.5. The van der Waals surface area contributed by atoms with Gasteiger partial charge in [0.1, 0.15) is 45.0 Å². The first-order chi connectivity index (χ1) is 21.5. The molecule has 2 aromatic rings. The summed E-state index contributed by atoms with van der Waals surface area (Å²) < 4.78 is 36.9. The van der Waals surface area contributed by atoms with E-state index in [-0.39, 0.29) is 5.75 Å². The predicted molar refractivity (Wildman–Crippen MR) is 184 cm³/mol. The molecule has 4 heterocycles. The van der Waals surface area contributed by atoms with Gasteiger partial charge in [-0.25, -0.2) is 8.42 Å². The molecule has 3 fully saturated rings. The minimum absolute atomic E-state index is 0.00832. The van der Waals surface area contributed by atoms with Crippen molar-refractivity contribution < 1.29 is 27.2 Å². The summed E-state index contributed by atoms with van der Waals surface area (Å²) in [7, 11) is 2.74. The SMILES string of the molecule is CCCCC1(CCCC)CS(=O)(=O)c2ccc(N(C)C)cc2C(c2ccc(OCCCC[N+]34CC[N+](C)(CC3)CC4)cc2)C1O. The van der Waals surface area contributed by atoms with Gasteiger partial charge in [-0.15, -0.1) is 0 Å². The number of rotatable bonds is 14. The van der Waals surface area contributed by atoms with Crippen LogP contribution in [-0.2, 0) is 9.84 Å². The summed E-state index contributed by atoms with van der Waals surface area (Å²) in [5.74, 6) is 0.380. The number of fused-ring (bicyclic) bond motifs is 4. The van der Waals surface area contributed by atoms with E-state index in [1.165, 1.54) is 61.2 Å². The van der Waals surface area contributed by atoms with Crippen molar-refractivity contribution in [3.8, 4) is 5.75 Å². The van der Waals surface area contributed by atoms with E-state index in [2.05, 4.69) is 20.9 Å². The van der Waals surface area contributed by atoms with Gasteiger partial charge in [0.05, 0.1) is 37.0 Å². The molecule has 0 spiro atoms. The average molecular weight is 642 g/mol. The Kier molecular flexibility index (Phi) is 10.6. The lowest BCUT2D eigenvalue weighted by molar-refractivity contribution is -1.07. The average Bonchev–Trinajstić information content (AvgIpc) is 3.10. The van der Waals surface area contributed by atoms with Crippen molar-refractivity contribution in [2.75, 3.05) is 84.2 Å². The third kappa shape index (κ3) is 7.39. The van der Waals surface area contributed by atoms with Crippen LogP contribution >= 0.6 is 0 Å². The highest BCUT2D eigenvalue weighted by molar-refractivity contribution is 7.91. The van der Waals surface area contributed by atoms with E-state index in [1.54, 1.807) is 6.07 Å². The molecule has 1 N–H and O–H groups in total. The number of aliphatic hydroxyl groups is 1. The Balaban J connectivity index is 1.35. The largest absolute Gasteiger partial charge is 0.494 e. The molecule has 4 aliphatic heterocycles. The van der Waals surface area contributed by atoms with Crippen LogP contribution in [0, 0.1) is 5.41 Å². The van der Waals surface area contributed by atoms with Crippen molar-refractivity contribution >= 4 is 15.5 Å². The first kappa shape index (κ1) is 34.2. The van der Waals surface area contributed by atoms with Crippen LogP contribution in [0.25, 0.3) is 0 Å². The van der Waals surface area contributed by atoms with Crippen LogP contribution < -0.4 is 9.64 Å². The van der Waals surface area contributed by atoms with Gasteiger partial charge in [-0.3, -0.25) is 0 Å². The summed E-state index contributed by atoms with van der Waals surface area (Å²) in [6.07, 6.45) is 6.55. The fraction of sp³-hybridized carbons (Fsp3) is 0.676. The zero-order valence-corrected chi connectivity index (χ0v) is 29.5. The van der Waals surface area contributed by atoms with E-state index in [4.69, 9.17) is 4.74 Å². The molecule has 2 aromatic carbocycles. The maximum Gasteiger partial charge on any atom is 0.179 e. The molecule has 8 heteroatoms. The van der Waals surface area contributed by atoms with Crippen LogP contribution in [0.1, 0.15) is 82.3 Å². The summed E-state index contributed by atoms with van der Waals surface area (Å²) in [6.45, 7) is 14.2. The lowest BCUT2D eigenvalue weighted by Crippen LogP contribution is -2.73. The molecule has 0 aliphatic carbocycles. The Hall–Kier alpha value is -2.13. The molecule has 0 aromatic heterocycles. The number of unbranched alkanes of at least 4 members (excludes halogenated alkanes) is 3. The number of benzene rings is 2. The van der Waals surface area contributed by atoms with Crippen LogP contribution in [0.15, 0.2) is 47.4 Å². The van der Waals surface area contributed by atoms with Gasteiger partial charge in [0, 0.05) is 31.1 Å². The van der Waals surface area contributed by atoms with Gasteiger partial charge in [0.25, 0.3) is 0 Å². The van der Waals surface area contributed by atoms with Crippen molar-refractivity contribution in [2.45, 2.75) is 82.1 Å². The molecule has 2 bridgehead atoms. The summed E-state index contributed by atoms with van der Waals surface area (Å²) >= 11 is 0. The van der Waals surface area contributed by atoms with Gasteiger partial charge in [0.2, 0.25) is 0 Å². The second-order valence-corrected chi connectivity index (χ2v) is 17.0. The van der Waals surface area contributed by atoms with Crippen LogP contribution in [0.3, 0.4) is 0 Å². The third-order valence-corrected chi connectivity index (χ3v) is 13.5. The molecule has 0 saturated carbocycles. The monoisotopic (exact) mass is 641 g/mol. The first-order valence-corrected chi connectivity index (χ1v) is 19.2. The van der Waals surface area contributed by atoms with Gasteiger partial charge in [-0.05, 0) is 67.1 Å². The number of aliphatic hydroxyl groups excluding tert-OH is 1. The quantitative estimate of drug-likeness (QED) is 0.207. The highest BCUT2D eigenvalue weighted by atomic mass is 32.2. The highest BCUT2D eigenvalue weighted by Gasteiger charge is 2.50. The molecule has 45 heavy (non-hydrogen) atoms. The predicted octanol–water partition coefficient (Wildman–Crippen LogP) is 5.85. The Bertz CT molecular complexity index is 1360. The van der Waals surface area contributed by atoms with Crippen molar-refractivity contribution in [3.05, 3.63) is 53.6 Å². The fourth-order valence-electron chi connectivity index (χ4n) is 8.27. The molecule has 6 rings (SSSR count). The molecule has 4 aliphatic rings.